The molecule has 1 heterocycles. The van der Waals surface area contributed by atoms with Crippen molar-refractivity contribution in [2.75, 3.05) is 0 Å². The van der Waals surface area contributed by atoms with Gasteiger partial charge in [-0.25, -0.2) is 4.39 Å². The number of hydrogen-bond acceptors (Lipinski definition) is 4. The van der Waals surface area contributed by atoms with Gasteiger partial charge in [0.05, 0.1) is 0 Å². The summed E-state index contributed by atoms with van der Waals surface area (Å²) in [5.74, 6) is 1.17. The fraction of sp³-hybridized carbons (Fsp3) is 0.176. The minimum atomic E-state index is -0.292. The SMILES string of the molecule is Cc1ccc(-c2noc(COc3ccccc3C)n2)cc1F. The van der Waals surface area contributed by atoms with Crippen molar-refractivity contribution in [1.82, 2.24) is 10.1 Å². The summed E-state index contributed by atoms with van der Waals surface area (Å²) < 4.78 is 24.4. The second kappa shape index (κ2) is 5.97. The Bertz CT molecular complexity index is 799. The van der Waals surface area contributed by atoms with Crippen molar-refractivity contribution in [3.63, 3.8) is 0 Å². The summed E-state index contributed by atoms with van der Waals surface area (Å²) in [6, 6.07) is 12.5. The molecule has 0 atom stereocenters. The van der Waals surface area contributed by atoms with E-state index in [4.69, 9.17) is 9.26 Å². The first-order chi connectivity index (χ1) is 10.6. The summed E-state index contributed by atoms with van der Waals surface area (Å²) in [6.07, 6.45) is 0. The maximum Gasteiger partial charge on any atom is 0.264 e. The van der Waals surface area contributed by atoms with Gasteiger partial charge in [0.15, 0.2) is 6.61 Å². The summed E-state index contributed by atoms with van der Waals surface area (Å²) in [6.45, 7) is 3.84. The minimum absolute atomic E-state index is 0.173. The van der Waals surface area contributed by atoms with Gasteiger partial charge in [0.25, 0.3) is 5.89 Å². The number of hydrogen-bond donors (Lipinski definition) is 0. The first kappa shape index (κ1) is 14.3. The molecule has 0 aliphatic carbocycles. The topological polar surface area (TPSA) is 48.2 Å². The molecule has 0 spiro atoms. The number of para-hydroxylation sites is 1. The molecular formula is C17H15FN2O2. The number of rotatable bonds is 4. The molecule has 0 amide bonds. The maximum atomic E-state index is 13.6. The van der Waals surface area contributed by atoms with Crippen molar-refractivity contribution in [1.29, 1.82) is 0 Å². The number of ether oxygens (including phenoxy) is 1. The molecule has 22 heavy (non-hydrogen) atoms. The van der Waals surface area contributed by atoms with Crippen LogP contribution in [0.3, 0.4) is 0 Å². The second-order valence-corrected chi connectivity index (χ2v) is 5.03. The van der Waals surface area contributed by atoms with Gasteiger partial charge in [0.2, 0.25) is 5.82 Å². The zero-order valence-corrected chi connectivity index (χ0v) is 12.3. The van der Waals surface area contributed by atoms with Gasteiger partial charge in [-0.15, -0.1) is 0 Å². The van der Waals surface area contributed by atoms with Crippen LogP contribution in [0.5, 0.6) is 5.75 Å². The molecule has 0 bridgehead atoms. The Balaban J connectivity index is 1.74. The molecule has 1 aromatic heterocycles. The number of halogens is 1. The third-order valence-electron chi connectivity index (χ3n) is 3.34. The molecule has 0 N–H and O–H groups in total. The first-order valence-electron chi connectivity index (χ1n) is 6.91. The van der Waals surface area contributed by atoms with Crippen LogP contribution in [0, 0.1) is 19.7 Å². The van der Waals surface area contributed by atoms with E-state index in [1.54, 1.807) is 19.1 Å². The highest BCUT2D eigenvalue weighted by Crippen LogP contribution is 2.21. The fourth-order valence-electron chi connectivity index (χ4n) is 2.02. The summed E-state index contributed by atoms with van der Waals surface area (Å²) in [4.78, 5) is 4.23. The van der Waals surface area contributed by atoms with Crippen LogP contribution in [0.1, 0.15) is 17.0 Å². The molecule has 2 aromatic carbocycles. The molecule has 3 aromatic rings. The van der Waals surface area contributed by atoms with Crippen LogP contribution in [0.4, 0.5) is 4.39 Å². The van der Waals surface area contributed by atoms with Crippen molar-refractivity contribution in [2.24, 2.45) is 0 Å². The number of aromatic nitrogens is 2. The van der Waals surface area contributed by atoms with Crippen molar-refractivity contribution >= 4 is 0 Å². The predicted molar refractivity (Wildman–Crippen MR) is 79.9 cm³/mol. The Labute approximate surface area is 127 Å². The Hall–Kier alpha value is -2.69. The summed E-state index contributed by atoms with van der Waals surface area (Å²) in [5.41, 5.74) is 2.19. The lowest BCUT2D eigenvalue weighted by molar-refractivity contribution is 0.242. The Kier molecular flexibility index (Phi) is 3.87. The van der Waals surface area contributed by atoms with Crippen molar-refractivity contribution in [3.8, 4) is 17.1 Å². The molecule has 0 fully saturated rings. The molecule has 0 aliphatic heterocycles. The average Bonchev–Trinajstić information content (AvgIpc) is 2.98. The Morgan fingerprint density at radius 3 is 2.68 bits per heavy atom. The van der Waals surface area contributed by atoms with E-state index in [1.807, 2.05) is 31.2 Å². The van der Waals surface area contributed by atoms with Crippen LogP contribution in [-0.4, -0.2) is 10.1 Å². The van der Waals surface area contributed by atoms with Crippen molar-refractivity contribution in [2.45, 2.75) is 20.5 Å². The van der Waals surface area contributed by atoms with Gasteiger partial charge in [-0.3, -0.25) is 0 Å². The van der Waals surface area contributed by atoms with E-state index in [0.29, 0.717) is 22.8 Å². The first-order valence-corrected chi connectivity index (χ1v) is 6.91. The quantitative estimate of drug-likeness (QED) is 0.728. The minimum Gasteiger partial charge on any atom is -0.483 e. The zero-order chi connectivity index (χ0) is 15.5. The molecule has 0 unspecified atom stereocenters. The van der Waals surface area contributed by atoms with Gasteiger partial charge in [-0.2, -0.15) is 4.98 Å². The molecule has 0 saturated carbocycles. The van der Waals surface area contributed by atoms with Gasteiger partial charge in [0.1, 0.15) is 11.6 Å². The van der Waals surface area contributed by atoms with E-state index in [2.05, 4.69) is 10.1 Å². The predicted octanol–water partition coefficient (Wildman–Crippen LogP) is 4.07. The zero-order valence-electron chi connectivity index (χ0n) is 12.3. The second-order valence-electron chi connectivity index (χ2n) is 5.03. The van der Waals surface area contributed by atoms with Crippen LogP contribution in [0.15, 0.2) is 47.0 Å². The lowest BCUT2D eigenvalue weighted by Gasteiger charge is -2.05. The smallest absolute Gasteiger partial charge is 0.264 e. The van der Waals surface area contributed by atoms with Gasteiger partial charge >= 0.3 is 0 Å². The van der Waals surface area contributed by atoms with E-state index >= 15 is 0 Å². The van der Waals surface area contributed by atoms with E-state index in [1.165, 1.54) is 6.07 Å². The monoisotopic (exact) mass is 298 g/mol. The lowest BCUT2D eigenvalue weighted by Crippen LogP contribution is -1.97. The number of benzene rings is 2. The van der Waals surface area contributed by atoms with Gasteiger partial charge in [-0.1, -0.05) is 35.5 Å². The fourth-order valence-corrected chi connectivity index (χ4v) is 2.02. The third kappa shape index (κ3) is 2.98. The van der Waals surface area contributed by atoms with E-state index in [0.717, 1.165) is 11.3 Å². The molecule has 4 nitrogen and oxygen atoms in total. The van der Waals surface area contributed by atoms with Crippen molar-refractivity contribution < 1.29 is 13.7 Å². The highest BCUT2D eigenvalue weighted by atomic mass is 19.1. The molecule has 112 valence electrons. The molecule has 3 rings (SSSR count). The van der Waals surface area contributed by atoms with Crippen molar-refractivity contribution in [3.05, 3.63) is 65.3 Å². The molecular weight excluding hydrogens is 283 g/mol. The van der Waals surface area contributed by atoms with E-state index in [-0.39, 0.29) is 12.4 Å². The maximum absolute atomic E-state index is 13.6. The largest absolute Gasteiger partial charge is 0.483 e. The highest BCUT2D eigenvalue weighted by molar-refractivity contribution is 5.54. The Morgan fingerprint density at radius 1 is 1.09 bits per heavy atom. The molecule has 0 radical (unpaired) electrons. The lowest BCUT2D eigenvalue weighted by atomic mass is 10.1. The summed E-state index contributed by atoms with van der Waals surface area (Å²) in [7, 11) is 0. The number of nitrogens with zero attached hydrogens (tertiary/aromatic N) is 2. The standard InChI is InChI=1S/C17H15FN2O2/c1-11-7-8-13(9-14(11)18)17-19-16(22-20-17)10-21-15-6-4-3-5-12(15)2/h3-9H,10H2,1-2H3. The van der Waals surface area contributed by atoms with E-state index in [9.17, 15) is 4.39 Å². The molecule has 5 heteroatoms. The van der Waals surface area contributed by atoms with E-state index < -0.39 is 0 Å². The van der Waals surface area contributed by atoms with Gasteiger partial charge in [0, 0.05) is 5.56 Å². The van der Waals surface area contributed by atoms with Crippen LogP contribution in [-0.2, 0) is 6.61 Å². The third-order valence-corrected chi connectivity index (χ3v) is 3.34. The van der Waals surface area contributed by atoms with Gasteiger partial charge < -0.3 is 9.26 Å². The van der Waals surface area contributed by atoms with Crippen LogP contribution < -0.4 is 4.74 Å². The van der Waals surface area contributed by atoms with Crippen LogP contribution >= 0.6 is 0 Å². The summed E-state index contributed by atoms with van der Waals surface area (Å²) in [5, 5.41) is 3.86. The molecule has 0 aliphatic rings. The number of aryl methyl sites for hydroxylation is 2. The Morgan fingerprint density at radius 2 is 1.91 bits per heavy atom. The van der Waals surface area contributed by atoms with Crippen LogP contribution in [0.2, 0.25) is 0 Å². The van der Waals surface area contributed by atoms with Gasteiger partial charge in [-0.05, 0) is 37.1 Å². The molecule has 0 saturated heterocycles. The average molecular weight is 298 g/mol. The summed E-state index contributed by atoms with van der Waals surface area (Å²) >= 11 is 0. The normalized spacial score (nSPS) is 10.7. The highest BCUT2D eigenvalue weighted by Gasteiger charge is 2.11. The van der Waals surface area contributed by atoms with Crippen LogP contribution in [0.25, 0.3) is 11.4 Å².